The molecule has 0 aliphatic carbocycles. The Morgan fingerprint density at radius 2 is 1.02 bits per heavy atom. The van der Waals surface area contributed by atoms with Crippen LogP contribution in [0.5, 0.6) is 11.5 Å². The number of aliphatic carboxylic acids is 1. The van der Waals surface area contributed by atoms with E-state index in [0.717, 1.165) is 48.3 Å². The maximum atomic E-state index is 12.6. The number of rotatable bonds is 18. The lowest BCUT2D eigenvalue weighted by molar-refractivity contribution is -0.162. The van der Waals surface area contributed by atoms with E-state index in [2.05, 4.69) is 156 Å². The molecule has 0 amide bonds. The van der Waals surface area contributed by atoms with Crippen molar-refractivity contribution in [3.63, 3.8) is 0 Å². The van der Waals surface area contributed by atoms with Crippen LogP contribution in [0.2, 0.25) is 0 Å². The number of aliphatic hydroxyl groups excluding tert-OH is 1. The number of hydrogen-bond acceptors (Lipinski definition) is 15. The quantitative estimate of drug-likeness (QED) is 0.0208. The van der Waals surface area contributed by atoms with Crippen molar-refractivity contribution >= 4 is 79.6 Å². The molecule has 6 aliphatic rings. The molecule has 87 heavy (non-hydrogen) atoms. The maximum Gasteiger partial charge on any atom is 0.344 e. The number of hydrogen-bond donors (Lipinski definition) is 2. The summed E-state index contributed by atoms with van der Waals surface area (Å²) in [5.41, 5.74) is 3.81. The first-order valence-corrected chi connectivity index (χ1v) is 30.8. The van der Waals surface area contributed by atoms with Crippen molar-refractivity contribution in [1.82, 2.24) is 4.90 Å². The second-order valence-corrected chi connectivity index (χ2v) is 25.5. The Hall–Kier alpha value is -6.86. The summed E-state index contributed by atoms with van der Waals surface area (Å²) in [5, 5.41) is 18.3. The normalized spacial score (nSPS) is 22.5. The molecule has 6 aromatic rings. The van der Waals surface area contributed by atoms with Gasteiger partial charge in [-0.1, -0.05) is 80.5 Å². The zero-order chi connectivity index (χ0) is 61.4. The van der Waals surface area contributed by atoms with Crippen LogP contribution in [0.15, 0.2) is 185 Å². The number of aryl methyl sites for hydroxylation is 4. The van der Waals surface area contributed by atoms with Gasteiger partial charge in [0.15, 0.2) is 60.9 Å². The SMILES string of the molecule is CCN=C=NCCCN(C)C.Cc1cc([S+](c2ccccc2)c2ccccc2)cc(C)c1OCC(=O)O.Cc1cc([S+](c2ccccc2)c2ccccc2)cc(C)c1OCC(=O)OC1C2CC3C(=O)OC1C3O2.Cl.O=C1OC2C(O)C3CC1C2O3.[B][BH3-]. The molecular formula is C66H77B2ClN3O13S2+. The summed E-state index contributed by atoms with van der Waals surface area (Å²) < 4.78 is 38.5. The maximum absolute atomic E-state index is 12.6. The fourth-order valence-corrected chi connectivity index (χ4v) is 15.8. The van der Waals surface area contributed by atoms with Crippen LogP contribution in [-0.4, -0.2) is 156 Å². The van der Waals surface area contributed by atoms with E-state index in [9.17, 15) is 24.3 Å². The summed E-state index contributed by atoms with van der Waals surface area (Å²) >= 11 is 0. The van der Waals surface area contributed by atoms with Crippen molar-refractivity contribution in [3.8, 4) is 11.5 Å². The number of carboxylic acid groups (broad SMARTS) is 1. The Labute approximate surface area is 524 Å². The molecule has 0 saturated carbocycles. The molecule has 458 valence electrons. The van der Waals surface area contributed by atoms with E-state index in [1.807, 2.05) is 58.9 Å². The van der Waals surface area contributed by atoms with Gasteiger partial charge in [-0.3, -0.25) is 9.59 Å². The molecule has 10 atom stereocenters. The van der Waals surface area contributed by atoms with Crippen molar-refractivity contribution in [1.29, 1.82) is 0 Å². The first kappa shape index (κ1) is 67.6. The molecule has 0 aromatic heterocycles. The van der Waals surface area contributed by atoms with E-state index < -0.39 is 30.3 Å². The van der Waals surface area contributed by atoms with Gasteiger partial charge in [0, 0.05) is 30.8 Å². The summed E-state index contributed by atoms with van der Waals surface area (Å²) in [6.45, 7) is 12.0. The number of carbonyl (C=O) groups is 4. The van der Waals surface area contributed by atoms with E-state index in [1.54, 1.807) is 0 Å². The second kappa shape index (κ2) is 32.4. The molecule has 16 nitrogen and oxygen atoms in total. The third-order valence-electron chi connectivity index (χ3n) is 15.0. The van der Waals surface area contributed by atoms with E-state index >= 15 is 0 Å². The Balaban J connectivity index is 0.000000183. The second-order valence-electron chi connectivity index (χ2n) is 21.4. The number of carbonyl (C=O) groups excluding carboxylic acids is 3. The summed E-state index contributed by atoms with van der Waals surface area (Å²) in [6, 6.07) is 52.9. The molecule has 0 spiro atoms. The highest BCUT2D eigenvalue weighted by Gasteiger charge is 2.65. The van der Waals surface area contributed by atoms with E-state index in [1.165, 1.54) is 29.4 Å². The minimum atomic E-state index is -0.971. The van der Waals surface area contributed by atoms with Gasteiger partial charge in [0.2, 0.25) is 0 Å². The van der Waals surface area contributed by atoms with Crippen LogP contribution in [0, 0.1) is 39.5 Å². The van der Waals surface area contributed by atoms with Gasteiger partial charge in [-0.2, -0.15) is 7.74 Å². The number of ether oxygens (including phenoxy) is 7. The van der Waals surface area contributed by atoms with Gasteiger partial charge >= 0.3 is 23.9 Å². The molecule has 12 rings (SSSR count). The van der Waals surface area contributed by atoms with E-state index in [0.29, 0.717) is 24.3 Å². The van der Waals surface area contributed by atoms with Crippen LogP contribution in [0.1, 0.15) is 48.4 Å². The molecule has 6 aliphatic heterocycles. The highest BCUT2D eigenvalue weighted by molar-refractivity contribution is 7.97. The van der Waals surface area contributed by atoms with Gasteiger partial charge in [-0.05, 0) is 145 Å². The van der Waals surface area contributed by atoms with Gasteiger partial charge in [0.05, 0.1) is 58.4 Å². The number of carboxylic acids is 1. The highest BCUT2D eigenvalue weighted by Crippen LogP contribution is 2.48. The van der Waals surface area contributed by atoms with Gasteiger partial charge < -0.3 is 48.3 Å². The van der Waals surface area contributed by atoms with Gasteiger partial charge in [-0.15, -0.1) is 12.4 Å². The fraction of sp³-hybridized carbons (Fsp3) is 0.379. The number of aliphatic imine (C=N–C) groups is 2. The summed E-state index contributed by atoms with van der Waals surface area (Å²) in [6.07, 6.45) is -0.612. The Bertz CT molecular complexity index is 3190. The average molecular weight is 1240 g/mol. The minimum absolute atomic E-state index is 0. The standard InChI is InChI=1S/C29H27O6S.C22H20O3S.C8H17N3.C7H8O4.B2H3.ClH/c1-17-13-21(36(19-9-5-3-6-10-19)20-11-7-4-8-12-20)14-18(2)25(17)32-16-24(30)34-27-23-15-22-26(33-23)28(27)35-29(22)31;1-16-13-20(14-17(2)22(16)25-15-21(23)24)26(18-9-5-3-6-10-18)19-11-7-4-8-12-19;1-4-9-8-10-6-5-7-11(2)3;8-4-3-1-2-5(10-3)6(4)11-7(2)9;1-2;/h3-14,22-23,26-28H,15-16H2,1-2H3;3-14H,15H2,1-2H3;4-7H2,1-3H3;2-6,8H,1H2;1H3;1H/q+1;;;;-1;/p+1. The van der Waals surface area contributed by atoms with Crippen LogP contribution >= 0.6 is 12.4 Å². The number of aliphatic hydroxyl groups is 1. The molecule has 4 bridgehead atoms. The van der Waals surface area contributed by atoms with Gasteiger partial charge in [-0.25, -0.2) is 19.6 Å². The molecule has 6 heterocycles. The van der Waals surface area contributed by atoms with Crippen molar-refractivity contribution in [2.45, 2.75) is 132 Å². The van der Waals surface area contributed by atoms with Crippen LogP contribution < -0.4 is 9.47 Å². The third kappa shape index (κ3) is 16.9. The van der Waals surface area contributed by atoms with Crippen molar-refractivity contribution in [2.24, 2.45) is 21.8 Å². The predicted molar refractivity (Wildman–Crippen MR) is 341 cm³/mol. The summed E-state index contributed by atoms with van der Waals surface area (Å²) in [7, 11) is 8.62. The lowest BCUT2D eigenvalue weighted by Gasteiger charge is -2.22. The topological polar surface area (TPSA) is 201 Å². The van der Waals surface area contributed by atoms with Crippen LogP contribution in [0.3, 0.4) is 0 Å². The number of halogens is 1. The van der Waals surface area contributed by atoms with Crippen LogP contribution in [-0.2, 0) is 64.7 Å². The van der Waals surface area contributed by atoms with Gasteiger partial charge in [0.1, 0.15) is 29.8 Å². The molecular weight excluding hydrogens is 1160 g/mol. The van der Waals surface area contributed by atoms with Crippen LogP contribution in [0.4, 0.5) is 0 Å². The molecule has 21 heteroatoms. The molecule has 6 aromatic carbocycles. The van der Waals surface area contributed by atoms with Crippen molar-refractivity contribution in [2.75, 3.05) is 46.9 Å². The number of fused-ring (bicyclic) bond motifs is 2. The zero-order valence-corrected chi connectivity index (χ0v) is 51.8. The predicted octanol–water partition coefficient (Wildman–Crippen LogP) is 8.31. The smallest absolute Gasteiger partial charge is 0.344 e. The lowest BCUT2D eigenvalue weighted by atomic mass is 9.81. The fourth-order valence-electron chi connectivity index (χ4n) is 11.3. The van der Waals surface area contributed by atoms with Crippen molar-refractivity contribution < 1.29 is 62.5 Å². The van der Waals surface area contributed by atoms with Crippen LogP contribution in [0.25, 0.3) is 0 Å². The van der Waals surface area contributed by atoms with E-state index in [4.69, 9.17) is 46.0 Å². The summed E-state index contributed by atoms with van der Waals surface area (Å²) in [5.74, 6) is -0.886. The highest BCUT2D eigenvalue weighted by atomic mass is 35.5. The largest absolute Gasteiger partial charge is 0.481 e. The first-order valence-electron chi connectivity index (χ1n) is 28.3. The van der Waals surface area contributed by atoms with Crippen molar-refractivity contribution in [3.05, 3.63) is 168 Å². The molecule has 10 unspecified atom stereocenters. The Morgan fingerprint density at radius 1 is 0.621 bits per heavy atom. The lowest BCUT2D eigenvalue weighted by Crippen LogP contribution is -2.40. The third-order valence-corrected chi connectivity index (χ3v) is 19.4. The summed E-state index contributed by atoms with van der Waals surface area (Å²) in [4.78, 5) is 63.7. The number of esters is 3. The first-order chi connectivity index (χ1) is 41.6. The number of benzene rings is 6. The number of nitrogens with zero attached hydrogens (tertiary/aromatic N) is 3. The van der Waals surface area contributed by atoms with Gasteiger partial charge in [0.25, 0.3) is 0 Å². The monoisotopic (exact) mass is 1240 g/mol. The Morgan fingerprint density at radius 3 is 1.43 bits per heavy atom. The minimum Gasteiger partial charge on any atom is -0.481 e. The average Bonchev–Trinajstić information content (AvgIpc) is 1.67. The molecule has 2 N–H and O–H groups in total. The Kier molecular flexibility index (Phi) is 25.2. The molecule has 6 saturated heterocycles. The molecule has 6 fully saturated rings. The zero-order valence-electron chi connectivity index (χ0n) is 49.3. The van der Waals surface area contributed by atoms with E-state index in [-0.39, 0.29) is 109 Å². The molecule has 2 radical (unpaired) electrons.